The molecular weight excluding hydrogens is 440 g/mol. The van der Waals surface area contributed by atoms with Crippen LogP contribution in [0.25, 0.3) is 0 Å². The zero-order chi connectivity index (χ0) is 21.4. The van der Waals surface area contributed by atoms with Gasteiger partial charge in [0.15, 0.2) is 10.3 Å². The molecule has 0 unspecified atom stereocenters. The highest BCUT2D eigenvalue weighted by molar-refractivity contribution is 7.13. The van der Waals surface area contributed by atoms with Crippen LogP contribution in [0.3, 0.4) is 0 Å². The maximum Gasteiger partial charge on any atom is 0.185 e. The van der Waals surface area contributed by atoms with E-state index in [1.54, 1.807) is 22.7 Å². The maximum absolute atomic E-state index is 5.76. The van der Waals surface area contributed by atoms with Crippen LogP contribution in [-0.2, 0) is 23.7 Å². The highest BCUT2D eigenvalue weighted by Crippen LogP contribution is 2.17. The Morgan fingerprint density at radius 3 is 1.13 bits per heavy atom. The first-order valence-corrected chi connectivity index (χ1v) is 12.4. The Kier molecular flexibility index (Phi) is 12.1. The molecule has 0 saturated carbocycles. The molecule has 0 radical (unpaired) electrons. The summed E-state index contributed by atoms with van der Waals surface area (Å²) in [5, 5.41) is 5.93. The van der Waals surface area contributed by atoms with Crippen molar-refractivity contribution in [2.45, 2.75) is 0 Å². The molecule has 2 aromatic rings. The first kappa shape index (κ1) is 24.3. The molecule has 1 saturated heterocycles. The molecule has 0 atom stereocenters. The second-order valence-corrected chi connectivity index (χ2v) is 8.41. The zero-order valence-electron chi connectivity index (χ0n) is 17.9. The summed E-state index contributed by atoms with van der Waals surface area (Å²) in [6, 6.07) is 0. The molecule has 174 valence electrons. The van der Waals surface area contributed by atoms with Crippen LogP contribution in [-0.4, -0.2) is 102 Å². The standard InChI is InChI=1S/C20H32N4O5S2/c1-17-30-19(21-1)23-3-7-25-11-12-26-8-4-24(20-22-2-18-31-20)6-10-28-14-16-29-15-13-27-9-5-23/h1-2,17-18H,3-16H2. The molecule has 0 aromatic carbocycles. The lowest BCUT2D eigenvalue weighted by Gasteiger charge is -2.22. The lowest BCUT2D eigenvalue weighted by Crippen LogP contribution is -2.32. The quantitative estimate of drug-likeness (QED) is 0.652. The molecular formula is C20H32N4O5S2. The van der Waals surface area contributed by atoms with Crippen LogP contribution in [0, 0.1) is 0 Å². The molecule has 11 heteroatoms. The van der Waals surface area contributed by atoms with E-state index in [4.69, 9.17) is 23.7 Å². The third-order valence-corrected chi connectivity index (χ3v) is 6.18. The summed E-state index contributed by atoms with van der Waals surface area (Å²) in [5.74, 6) is 0. The van der Waals surface area contributed by atoms with E-state index in [9.17, 15) is 0 Å². The van der Waals surface area contributed by atoms with Crippen molar-refractivity contribution in [2.75, 3.05) is 102 Å². The van der Waals surface area contributed by atoms with Crippen molar-refractivity contribution in [2.24, 2.45) is 0 Å². The summed E-state index contributed by atoms with van der Waals surface area (Å²) >= 11 is 3.24. The number of ether oxygens (including phenoxy) is 5. The van der Waals surface area contributed by atoms with Crippen molar-refractivity contribution in [1.29, 1.82) is 0 Å². The first-order chi connectivity index (χ1) is 15.4. The third-order valence-electron chi connectivity index (χ3n) is 4.52. The van der Waals surface area contributed by atoms with Gasteiger partial charge in [0.1, 0.15) is 0 Å². The Morgan fingerprint density at radius 2 is 0.839 bits per heavy atom. The average molecular weight is 473 g/mol. The van der Waals surface area contributed by atoms with E-state index in [1.807, 2.05) is 23.2 Å². The topological polar surface area (TPSA) is 78.4 Å². The van der Waals surface area contributed by atoms with Gasteiger partial charge in [-0.15, -0.1) is 22.7 Å². The summed E-state index contributed by atoms with van der Waals surface area (Å²) in [4.78, 5) is 13.2. The second kappa shape index (κ2) is 15.5. The summed E-state index contributed by atoms with van der Waals surface area (Å²) in [6.07, 6.45) is 3.64. The van der Waals surface area contributed by atoms with Gasteiger partial charge in [-0.1, -0.05) is 0 Å². The van der Waals surface area contributed by atoms with E-state index in [2.05, 4.69) is 19.8 Å². The van der Waals surface area contributed by atoms with Crippen LogP contribution in [0.5, 0.6) is 0 Å². The number of hydrogen-bond acceptors (Lipinski definition) is 11. The molecule has 2 aromatic heterocycles. The number of hydrogen-bond donors (Lipinski definition) is 0. The van der Waals surface area contributed by atoms with Gasteiger partial charge in [0.05, 0.1) is 66.1 Å². The fourth-order valence-electron chi connectivity index (χ4n) is 2.91. The Labute approximate surface area is 191 Å². The Morgan fingerprint density at radius 1 is 0.516 bits per heavy atom. The Hall–Kier alpha value is -1.34. The monoisotopic (exact) mass is 472 g/mol. The minimum atomic E-state index is 0.562. The summed E-state index contributed by atoms with van der Waals surface area (Å²) in [6.45, 7) is 8.94. The fourth-order valence-corrected chi connectivity index (χ4v) is 4.31. The highest BCUT2D eigenvalue weighted by atomic mass is 32.1. The Bertz CT molecular complexity index is 606. The number of thiazole rings is 2. The van der Waals surface area contributed by atoms with Gasteiger partial charge in [-0.3, -0.25) is 0 Å². The molecule has 3 heterocycles. The van der Waals surface area contributed by atoms with Gasteiger partial charge in [-0.05, 0) is 0 Å². The zero-order valence-corrected chi connectivity index (χ0v) is 19.5. The van der Waals surface area contributed by atoms with Gasteiger partial charge in [0.25, 0.3) is 0 Å². The third kappa shape index (κ3) is 9.77. The molecule has 0 amide bonds. The molecule has 0 spiro atoms. The van der Waals surface area contributed by atoms with Gasteiger partial charge >= 0.3 is 0 Å². The van der Waals surface area contributed by atoms with Crippen LogP contribution in [0.4, 0.5) is 10.3 Å². The number of nitrogens with zero attached hydrogens (tertiary/aromatic N) is 4. The second-order valence-electron chi connectivity index (χ2n) is 6.67. The predicted molar refractivity (Wildman–Crippen MR) is 123 cm³/mol. The molecule has 0 bridgehead atoms. The normalized spacial score (nSPS) is 20.3. The molecule has 9 nitrogen and oxygen atoms in total. The lowest BCUT2D eigenvalue weighted by atomic mass is 10.5. The predicted octanol–water partition coefficient (Wildman–Crippen LogP) is 2.01. The summed E-state index contributed by atoms with van der Waals surface area (Å²) in [5.41, 5.74) is 0. The SMILES string of the molecule is c1csc(N2CCOCCOCCOCCN(c3nccs3)CCOCCOCC2)n1. The lowest BCUT2D eigenvalue weighted by molar-refractivity contribution is 0.0170. The van der Waals surface area contributed by atoms with Crippen molar-refractivity contribution in [1.82, 2.24) is 9.97 Å². The molecule has 0 N–H and O–H groups in total. The molecule has 3 rings (SSSR count). The smallest absolute Gasteiger partial charge is 0.185 e. The molecule has 1 fully saturated rings. The number of aromatic nitrogens is 2. The van der Waals surface area contributed by atoms with Gasteiger partial charge in [-0.2, -0.15) is 0 Å². The first-order valence-electron chi connectivity index (χ1n) is 10.6. The minimum absolute atomic E-state index is 0.562. The Balaban J connectivity index is 1.44. The van der Waals surface area contributed by atoms with Crippen LogP contribution in [0.15, 0.2) is 23.2 Å². The van der Waals surface area contributed by atoms with Crippen LogP contribution in [0.2, 0.25) is 0 Å². The molecule has 1 aliphatic heterocycles. The maximum atomic E-state index is 5.76. The van der Waals surface area contributed by atoms with Gasteiger partial charge in [-0.25, -0.2) is 9.97 Å². The van der Waals surface area contributed by atoms with E-state index in [0.717, 1.165) is 36.4 Å². The van der Waals surface area contributed by atoms with Crippen LogP contribution in [0.1, 0.15) is 0 Å². The van der Waals surface area contributed by atoms with Gasteiger partial charge < -0.3 is 33.5 Å². The van der Waals surface area contributed by atoms with Gasteiger partial charge in [0.2, 0.25) is 0 Å². The van der Waals surface area contributed by atoms with E-state index in [1.165, 1.54) is 0 Å². The minimum Gasteiger partial charge on any atom is -0.377 e. The molecule has 31 heavy (non-hydrogen) atoms. The van der Waals surface area contributed by atoms with Gasteiger partial charge in [0, 0.05) is 49.3 Å². The number of anilines is 2. The van der Waals surface area contributed by atoms with Crippen LogP contribution >= 0.6 is 22.7 Å². The van der Waals surface area contributed by atoms with Crippen molar-refractivity contribution >= 4 is 32.9 Å². The molecule has 1 aliphatic rings. The van der Waals surface area contributed by atoms with E-state index >= 15 is 0 Å². The molecule has 0 aliphatic carbocycles. The van der Waals surface area contributed by atoms with Crippen molar-refractivity contribution < 1.29 is 23.7 Å². The average Bonchev–Trinajstić information content (AvgIpc) is 3.50. The largest absolute Gasteiger partial charge is 0.377 e. The van der Waals surface area contributed by atoms with E-state index < -0.39 is 0 Å². The van der Waals surface area contributed by atoms with Crippen molar-refractivity contribution in [3.63, 3.8) is 0 Å². The summed E-state index contributed by atoms with van der Waals surface area (Å²) < 4.78 is 28.5. The number of rotatable bonds is 2. The fraction of sp³-hybridized carbons (Fsp3) is 0.700. The van der Waals surface area contributed by atoms with Crippen molar-refractivity contribution in [3.8, 4) is 0 Å². The van der Waals surface area contributed by atoms with Crippen molar-refractivity contribution in [3.05, 3.63) is 23.2 Å². The van der Waals surface area contributed by atoms with E-state index in [-0.39, 0.29) is 0 Å². The van der Waals surface area contributed by atoms with Crippen LogP contribution < -0.4 is 9.80 Å². The van der Waals surface area contributed by atoms with E-state index in [0.29, 0.717) is 66.1 Å². The highest BCUT2D eigenvalue weighted by Gasteiger charge is 2.10. The summed E-state index contributed by atoms with van der Waals surface area (Å²) in [7, 11) is 0.